The number of aryl methyl sites for hydroxylation is 1. The highest BCUT2D eigenvalue weighted by atomic mass is 35.5. The Morgan fingerprint density at radius 1 is 1.27 bits per heavy atom. The Morgan fingerprint density at radius 2 is 2.00 bits per heavy atom. The second-order valence-corrected chi connectivity index (χ2v) is 6.60. The third-order valence-electron chi connectivity index (χ3n) is 4.25. The van der Waals surface area contributed by atoms with E-state index in [9.17, 15) is 14.0 Å². The lowest BCUT2D eigenvalue weighted by Crippen LogP contribution is -2.55. The number of halogens is 2. The summed E-state index contributed by atoms with van der Waals surface area (Å²) >= 11 is 5.94. The van der Waals surface area contributed by atoms with Crippen LogP contribution in [-0.4, -0.2) is 36.4 Å². The molecule has 0 aromatic heterocycles. The number of nitrogens with one attached hydrogen (secondary N) is 1. The average molecular weight is 377 g/mol. The first-order valence-electron chi connectivity index (χ1n) is 8.16. The largest absolute Gasteiger partial charge is 0.481 e. The number of nitrogens with zero attached hydrogens (tertiary/aromatic N) is 1. The highest BCUT2D eigenvalue weighted by Gasteiger charge is 2.35. The highest BCUT2D eigenvalue weighted by molar-refractivity contribution is 6.31. The molecule has 26 heavy (non-hydrogen) atoms. The lowest BCUT2D eigenvalue weighted by molar-refractivity contribution is -0.143. The summed E-state index contributed by atoms with van der Waals surface area (Å²) in [5.41, 5.74) is 1.57. The van der Waals surface area contributed by atoms with Crippen LogP contribution in [0.2, 0.25) is 5.02 Å². The van der Waals surface area contributed by atoms with Gasteiger partial charge in [0.2, 0.25) is 5.91 Å². The van der Waals surface area contributed by atoms with Crippen molar-refractivity contribution in [3.05, 3.63) is 58.9 Å². The Labute approximate surface area is 155 Å². The van der Waals surface area contributed by atoms with Crippen molar-refractivity contribution < 1.29 is 18.7 Å². The van der Waals surface area contributed by atoms with Crippen molar-refractivity contribution in [1.29, 1.82) is 0 Å². The number of benzene rings is 2. The fraction of sp³-hybridized carbons (Fsp3) is 0.263. The van der Waals surface area contributed by atoms with E-state index in [4.69, 9.17) is 16.3 Å². The Kier molecular flexibility index (Phi) is 5.42. The second kappa shape index (κ2) is 7.74. The molecule has 3 rings (SSSR count). The summed E-state index contributed by atoms with van der Waals surface area (Å²) in [5, 5.41) is 3.38. The molecule has 0 aliphatic carbocycles. The van der Waals surface area contributed by atoms with Gasteiger partial charge in [-0.2, -0.15) is 0 Å². The van der Waals surface area contributed by atoms with Gasteiger partial charge in [-0.1, -0.05) is 29.8 Å². The zero-order chi connectivity index (χ0) is 18.7. The number of rotatable bonds is 5. The molecule has 1 heterocycles. The number of likely N-dealkylation sites (tertiary alicyclic amines) is 1. The summed E-state index contributed by atoms with van der Waals surface area (Å²) in [7, 11) is 0. The summed E-state index contributed by atoms with van der Waals surface area (Å²) in [4.78, 5) is 25.9. The van der Waals surface area contributed by atoms with Gasteiger partial charge < -0.3 is 15.0 Å². The van der Waals surface area contributed by atoms with Crippen LogP contribution in [0.25, 0.3) is 0 Å². The second-order valence-electron chi connectivity index (χ2n) is 6.16. The SMILES string of the molecule is Cc1ccc(Cl)cc1NC(=O)C1CN(C(=O)COc2ccccc2F)C1. The van der Waals surface area contributed by atoms with E-state index in [1.54, 1.807) is 24.3 Å². The van der Waals surface area contributed by atoms with Gasteiger partial charge in [0.15, 0.2) is 18.2 Å². The van der Waals surface area contributed by atoms with Crippen LogP contribution in [0.4, 0.5) is 10.1 Å². The molecule has 2 aromatic carbocycles. The molecule has 0 spiro atoms. The number of ether oxygens (including phenoxy) is 1. The molecule has 0 atom stereocenters. The first-order chi connectivity index (χ1) is 12.4. The number of anilines is 1. The van der Waals surface area contributed by atoms with E-state index in [1.807, 2.05) is 13.0 Å². The monoisotopic (exact) mass is 376 g/mol. The summed E-state index contributed by atoms with van der Waals surface area (Å²) in [6.45, 7) is 2.24. The zero-order valence-electron chi connectivity index (χ0n) is 14.2. The number of carbonyl (C=O) groups is 2. The van der Waals surface area contributed by atoms with E-state index >= 15 is 0 Å². The fourth-order valence-electron chi connectivity index (χ4n) is 2.60. The van der Waals surface area contributed by atoms with E-state index in [1.165, 1.54) is 17.0 Å². The molecule has 2 aromatic rings. The topological polar surface area (TPSA) is 58.6 Å². The van der Waals surface area contributed by atoms with Crippen LogP contribution in [0.1, 0.15) is 5.56 Å². The fourth-order valence-corrected chi connectivity index (χ4v) is 2.78. The summed E-state index contributed by atoms with van der Waals surface area (Å²) in [6.07, 6.45) is 0. The summed E-state index contributed by atoms with van der Waals surface area (Å²) in [5.74, 6) is -1.21. The van der Waals surface area contributed by atoms with E-state index in [2.05, 4.69) is 5.32 Å². The molecule has 1 aliphatic heterocycles. The van der Waals surface area contributed by atoms with Gasteiger partial charge in [-0.25, -0.2) is 4.39 Å². The number of amides is 2. The Morgan fingerprint density at radius 3 is 2.73 bits per heavy atom. The quantitative estimate of drug-likeness (QED) is 0.871. The Bertz CT molecular complexity index is 837. The minimum Gasteiger partial charge on any atom is -0.481 e. The molecule has 0 bridgehead atoms. The van der Waals surface area contributed by atoms with Crippen LogP contribution in [0.3, 0.4) is 0 Å². The van der Waals surface area contributed by atoms with Crippen LogP contribution in [0.5, 0.6) is 5.75 Å². The van der Waals surface area contributed by atoms with Gasteiger partial charge >= 0.3 is 0 Å². The van der Waals surface area contributed by atoms with Gasteiger partial charge in [-0.3, -0.25) is 9.59 Å². The molecule has 0 saturated carbocycles. The molecule has 5 nitrogen and oxygen atoms in total. The van der Waals surface area contributed by atoms with Gasteiger partial charge in [0.05, 0.1) is 5.92 Å². The van der Waals surface area contributed by atoms with Gasteiger partial charge in [-0.05, 0) is 36.8 Å². The van der Waals surface area contributed by atoms with Crippen molar-refractivity contribution in [2.75, 3.05) is 25.0 Å². The molecular weight excluding hydrogens is 359 g/mol. The summed E-state index contributed by atoms with van der Waals surface area (Å²) < 4.78 is 18.7. The molecular formula is C19H18ClFN2O3. The number of hydrogen-bond acceptors (Lipinski definition) is 3. The molecule has 1 N–H and O–H groups in total. The standard InChI is InChI=1S/C19H18ClFN2O3/c1-12-6-7-14(20)8-16(12)22-19(25)13-9-23(10-13)18(24)11-26-17-5-3-2-4-15(17)21/h2-8,13H,9-11H2,1H3,(H,22,25). The first kappa shape index (κ1) is 18.2. The van der Waals surface area contributed by atoms with E-state index < -0.39 is 5.82 Å². The molecule has 0 unspecified atom stereocenters. The van der Waals surface area contributed by atoms with Gasteiger partial charge in [0.1, 0.15) is 0 Å². The van der Waals surface area contributed by atoms with Crippen LogP contribution < -0.4 is 10.1 Å². The third-order valence-corrected chi connectivity index (χ3v) is 4.49. The maximum absolute atomic E-state index is 13.5. The van der Waals surface area contributed by atoms with E-state index in [0.29, 0.717) is 23.8 Å². The van der Waals surface area contributed by atoms with Crippen LogP contribution in [0.15, 0.2) is 42.5 Å². The zero-order valence-corrected chi connectivity index (χ0v) is 14.9. The molecule has 1 aliphatic rings. The number of carbonyl (C=O) groups excluding carboxylic acids is 2. The van der Waals surface area contributed by atoms with Crippen LogP contribution >= 0.6 is 11.6 Å². The highest BCUT2D eigenvalue weighted by Crippen LogP contribution is 2.23. The third kappa shape index (κ3) is 4.14. The number of hydrogen-bond donors (Lipinski definition) is 1. The van der Waals surface area contributed by atoms with Crippen LogP contribution in [-0.2, 0) is 9.59 Å². The van der Waals surface area contributed by atoms with Crippen molar-refractivity contribution in [2.45, 2.75) is 6.92 Å². The molecule has 0 radical (unpaired) electrons. The van der Waals surface area contributed by atoms with E-state index in [-0.39, 0.29) is 30.1 Å². The minimum atomic E-state index is -0.516. The molecule has 2 amide bonds. The van der Waals surface area contributed by atoms with Crippen molar-refractivity contribution >= 4 is 29.1 Å². The van der Waals surface area contributed by atoms with Crippen molar-refractivity contribution in [3.63, 3.8) is 0 Å². The van der Waals surface area contributed by atoms with Crippen molar-refractivity contribution in [1.82, 2.24) is 4.90 Å². The lowest BCUT2D eigenvalue weighted by atomic mass is 9.98. The first-order valence-corrected chi connectivity index (χ1v) is 8.54. The Balaban J connectivity index is 1.47. The maximum atomic E-state index is 13.5. The normalized spacial score (nSPS) is 13.9. The number of para-hydroxylation sites is 1. The van der Waals surface area contributed by atoms with Crippen LogP contribution in [0, 0.1) is 18.7 Å². The molecule has 136 valence electrons. The van der Waals surface area contributed by atoms with Crippen molar-refractivity contribution in [3.8, 4) is 5.75 Å². The Hall–Kier alpha value is -2.60. The maximum Gasteiger partial charge on any atom is 0.260 e. The van der Waals surface area contributed by atoms with Gasteiger partial charge in [0.25, 0.3) is 5.91 Å². The van der Waals surface area contributed by atoms with E-state index in [0.717, 1.165) is 5.56 Å². The predicted octanol–water partition coefficient (Wildman–Crippen LogP) is 3.26. The smallest absolute Gasteiger partial charge is 0.260 e. The predicted molar refractivity (Wildman–Crippen MR) is 96.8 cm³/mol. The van der Waals surface area contributed by atoms with Gasteiger partial charge in [-0.15, -0.1) is 0 Å². The van der Waals surface area contributed by atoms with Crippen molar-refractivity contribution in [2.24, 2.45) is 5.92 Å². The molecule has 7 heteroatoms. The molecule has 1 saturated heterocycles. The summed E-state index contributed by atoms with van der Waals surface area (Å²) in [6, 6.07) is 11.2. The molecule has 1 fully saturated rings. The minimum absolute atomic E-state index is 0.0344. The van der Waals surface area contributed by atoms with Gasteiger partial charge in [0, 0.05) is 23.8 Å². The lowest BCUT2D eigenvalue weighted by Gasteiger charge is -2.38. The average Bonchev–Trinajstić information content (AvgIpc) is 2.56.